The predicted molar refractivity (Wildman–Crippen MR) is 97.1 cm³/mol. The largest absolute Gasteiger partial charge is 0.468 e. The standard InChI is InChI=1S/C17H17N3O5S/c1-19(10-16(21)25-2)17(22)11-7-8-15(13(9-11)20(23)24)26-14-6-4-3-5-12(14)18/h3-9H,10,18H2,1-2H3. The molecule has 0 fully saturated rings. The summed E-state index contributed by atoms with van der Waals surface area (Å²) < 4.78 is 4.51. The van der Waals surface area contributed by atoms with Crippen LogP contribution in [0.5, 0.6) is 0 Å². The van der Waals surface area contributed by atoms with Gasteiger partial charge in [-0.15, -0.1) is 0 Å². The molecule has 0 heterocycles. The second-order valence-electron chi connectivity index (χ2n) is 5.32. The zero-order valence-electron chi connectivity index (χ0n) is 14.2. The van der Waals surface area contributed by atoms with Crippen LogP contribution in [-0.2, 0) is 9.53 Å². The van der Waals surface area contributed by atoms with E-state index in [1.807, 2.05) is 0 Å². The first-order valence-corrected chi connectivity index (χ1v) is 8.28. The van der Waals surface area contributed by atoms with Crippen molar-refractivity contribution in [3.05, 3.63) is 58.1 Å². The van der Waals surface area contributed by atoms with Crippen LogP contribution in [0.25, 0.3) is 0 Å². The SMILES string of the molecule is COC(=O)CN(C)C(=O)c1ccc(Sc2ccccc2N)c([N+](=O)[O-])c1. The molecule has 26 heavy (non-hydrogen) atoms. The minimum absolute atomic E-state index is 0.105. The van der Waals surface area contributed by atoms with Gasteiger partial charge in [0.2, 0.25) is 0 Å². The first-order valence-electron chi connectivity index (χ1n) is 7.46. The topological polar surface area (TPSA) is 116 Å². The number of nitrogen functional groups attached to an aromatic ring is 1. The third kappa shape index (κ3) is 4.51. The van der Waals surface area contributed by atoms with E-state index >= 15 is 0 Å². The van der Waals surface area contributed by atoms with E-state index in [9.17, 15) is 19.7 Å². The molecule has 0 bridgehead atoms. The van der Waals surface area contributed by atoms with Gasteiger partial charge < -0.3 is 15.4 Å². The van der Waals surface area contributed by atoms with Gasteiger partial charge in [0, 0.05) is 29.3 Å². The number of para-hydroxylation sites is 1. The maximum Gasteiger partial charge on any atom is 0.325 e. The Morgan fingerprint density at radius 2 is 1.92 bits per heavy atom. The number of rotatable bonds is 6. The summed E-state index contributed by atoms with van der Waals surface area (Å²) in [7, 11) is 2.63. The molecule has 136 valence electrons. The number of nitrogens with zero attached hydrogens (tertiary/aromatic N) is 2. The lowest BCUT2D eigenvalue weighted by atomic mass is 10.2. The van der Waals surface area contributed by atoms with Crippen LogP contribution in [0.2, 0.25) is 0 Å². The third-order valence-electron chi connectivity index (χ3n) is 3.48. The van der Waals surface area contributed by atoms with Crippen LogP contribution < -0.4 is 5.73 Å². The molecule has 0 atom stereocenters. The molecule has 0 aromatic heterocycles. The first-order chi connectivity index (χ1) is 12.3. The molecule has 2 N–H and O–H groups in total. The number of hydrogen-bond donors (Lipinski definition) is 1. The molecule has 0 saturated carbocycles. The normalized spacial score (nSPS) is 10.2. The Hall–Kier alpha value is -3.07. The maximum absolute atomic E-state index is 12.4. The van der Waals surface area contributed by atoms with Gasteiger partial charge in [0.25, 0.3) is 11.6 Å². The van der Waals surface area contributed by atoms with Crippen LogP contribution in [0.15, 0.2) is 52.3 Å². The molecule has 0 spiro atoms. The molecular weight excluding hydrogens is 358 g/mol. The number of benzene rings is 2. The lowest BCUT2D eigenvalue weighted by Crippen LogP contribution is -2.32. The van der Waals surface area contributed by atoms with Crippen LogP contribution in [0.4, 0.5) is 11.4 Å². The highest BCUT2D eigenvalue weighted by Crippen LogP contribution is 2.37. The summed E-state index contributed by atoms with van der Waals surface area (Å²) in [5.74, 6) is -1.10. The molecule has 2 aromatic carbocycles. The second-order valence-corrected chi connectivity index (χ2v) is 6.40. The van der Waals surface area contributed by atoms with Gasteiger partial charge in [-0.3, -0.25) is 19.7 Å². The monoisotopic (exact) mass is 375 g/mol. The molecule has 0 saturated heterocycles. The quantitative estimate of drug-likeness (QED) is 0.357. The van der Waals surface area contributed by atoms with E-state index in [1.165, 1.54) is 32.4 Å². The number of ether oxygens (including phenoxy) is 1. The first kappa shape index (κ1) is 19.3. The summed E-state index contributed by atoms with van der Waals surface area (Å²) in [6.45, 7) is -0.250. The lowest BCUT2D eigenvalue weighted by Gasteiger charge is -2.16. The minimum Gasteiger partial charge on any atom is -0.468 e. The molecule has 0 aliphatic rings. The number of likely N-dealkylation sites (N-methyl/N-ethyl adjacent to an activating group) is 1. The van der Waals surface area contributed by atoms with E-state index < -0.39 is 16.8 Å². The van der Waals surface area contributed by atoms with E-state index in [0.717, 1.165) is 16.7 Å². The molecule has 2 aromatic rings. The van der Waals surface area contributed by atoms with Crippen molar-refractivity contribution in [3.63, 3.8) is 0 Å². The second kappa shape index (κ2) is 8.34. The Labute approximate surface area is 154 Å². The smallest absolute Gasteiger partial charge is 0.325 e. The summed E-state index contributed by atoms with van der Waals surface area (Å²) in [4.78, 5) is 36.7. The number of carbonyl (C=O) groups is 2. The Morgan fingerprint density at radius 3 is 2.54 bits per heavy atom. The van der Waals surface area contributed by atoms with Crippen LogP contribution in [0, 0.1) is 10.1 Å². The molecule has 0 unspecified atom stereocenters. The number of hydrogen-bond acceptors (Lipinski definition) is 7. The van der Waals surface area contributed by atoms with Crippen LogP contribution in [0.1, 0.15) is 10.4 Å². The Balaban J connectivity index is 2.31. The fourth-order valence-corrected chi connectivity index (χ4v) is 3.07. The fraction of sp³-hybridized carbons (Fsp3) is 0.176. The van der Waals surface area contributed by atoms with Gasteiger partial charge in [-0.25, -0.2) is 0 Å². The molecule has 8 nitrogen and oxygen atoms in total. The average Bonchev–Trinajstić information content (AvgIpc) is 2.62. The van der Waals surface area contributed by atoms with Gasteiger partial charge >= 0.3 is 5.97 Å². The fourth-order valence-electron chi connectivity index (χ4n) is 2.12. The average molecular weight is 375 g/mol. The van der Waals surface area contributed by atoms with Crippen molar-refractivity contribution in [1.82, 2.24) is 4.90 Å². The molecule has 0 aliphatic heterocycles. The third-order valence-corrected chi connectivity index (χ3v) is 4.64. The van der Waals surface area contributed by atoms with Crippen molar-refractivity contribution in [2.45, 2.75) is 9.79 Å². The summed E-state index contributed by atoms with van der Waals surface area (Å²) >= 11 is 1.15. The van der Waals surface area contributed by atoms with Crippen LogP contribution in [-0.4, -0.2) is 42.4 Å². The number of esters is 1. The van der Waals surface area contributed by atoms with Gasteiger partial charge in [0.15, 0.2) is 0 Å². The molecule has 1 amide bonds. The summed E-state index contributed by atoms with van der Waals surface area (Å²) in [5, 5.41) is 11.4. The number of nitrogens with two attached hydrogens (primary N) is 1. The highest BCUT2D eigenvalue weighted by atomic mass is 32.2. The van der Waals surface area contributed by atoms with E-state index in [2.05, 4.69) is 4.74 Å². The molecule has 0 radical (unpaired) electrons. The van der Waals surface area contributed by atoms with Crippen molar-refractivity contribution in [2.75, 3.05) is 26.4 Å². The summed E-state index contributed by atoms with van der Waals surface area (Å²) in [6, 6.07) is 11.2. The summed E-state index contributed by atoms with van der Waals surface area (Å²) in [6.07, 6.45) is 0. The predicted octanol–water partition coefficient (Wildman–Crippen LogP) is 2.57. The van der Waals surface area contributed by atoms with E-state index in [-0.39, 0.29) is 17.8 Å². The molecule has 0 aliphatic carbocycles. The highest BCUT2D eigenvalue weighted by Gasteiger charge is 2.21. The van der Waals surface area contributed by atoms with Gasteiger partial charge in [0.1, 0.15) is 6.54 Å². The van der Waals surface area contributed by atoms with E-state index in [1.54, 1.807) is 24.3 Å². The number of methoxy groups -OCH3 is 1. The van der Waals surface area contributed by atoms with E-state index in [0.29, 0.717) is 15.5 Å². The van der Waals surface area contributed by atoms with Gasteiger partial charge in [-0.05, 0) is 24.3 Å². The van der Waals surface area contributed by atoms with Crippen molar-refractivity contribution in [3.8, 4) is 0 Å². The van der Waals surface area contributed by atoms with Crippen LogP contribution >= 0.6 is 11.8 Å². The molecule has 2 rings (SSSR count). The number of anilines is 1. The van der Waals surface area contributed by atoms with Gasteiger partial charge in [0.05, 0.1) is 16.9 Å². The Morgan fingerprint density at radius 1 is 1.23 bits per heavy atom. The number of amides is 1. The van der Waals surface area contributed by atoms with Crippen molar-refractivity contribution in [1.29, 1.82) is 0 Å². The highest BCUT2D eigenvalue weighted by molar-refractivity contribution is 7.99. The number of nitro benzene ring substituents is 1. The van der Waals surface area contributed by atoms with Gasteiger partial charge in [-0.1, -0.05) is 23.9 Å². The van der Waals surface area contributed by atoms with Crippen molar-refractivity contribution < 1.29 is 19.2 Å². The minimum atomic E-state index is -0.581. The lowest BCUT2D eigenvalue weighted by molar-refractivity contribution is -0.387. The summed E-state index contributed by atoms with van der Waals surface area (Å²) in [5.41, 5.74) is 6.27. The zero-order chi connectivity index (χ0) is 19.3. The maximum atomic E-state index is 12.4. The molecule has 9 heteroatoms. The van der Waals surface area contributed by atoms with Crippen molar-refractivity contribution >= 4 is 35.0 Å². The number of nitro groups is 1. The van der Waals surface area contributed by atoms with E-state index in [4.69, 9.17) is 5.73 Å². The number of carbonyl (C=O) groups excluding carboxylic acids is 2. The van der Waals surface area contributed by atoms with Crippen LogP contribution in [0.3, 0.4) is 0 Å². The Bertz CT molecular complexity index is 856. The molecular formula is C17H17N3O5S. The van der Waals surface area contributed by atoms with Crippen molar-refractivity contribution in [2.24, 2.45) is 0 Å². The van der Waals surface area contributed by atoms with Gasteiger partial charge in [-0.2, -0.15) is 0 Å². The zero-order valence-corrected chi connectivity index (χ0v) is 15.0. The Kier molecular flexibility index (Phi) is 6.18.